The van der Waals surface area contributed by atoms with Crippen LogP contribution < -0.4 is 10.1 Å². The molecule has 0 fully saturated rings. The van der Waals surface area contributed by atoms with E-state index in [1.807, 2.05) is 0 Å². The standard InChI is InChI=1S/C24H16F4N2O2S/c25-19-9-1-2-10-20(19)29-22(31)21-14-33-23(30-21)16-6-4-8-18(12-16)32-13-15-5-3-7-17(11-15)24(26,27)28/h1-12,14H,13H2,(H,29,31). The minimum Gasteiger partial charge on any atom is -0.489 e. The number of hydrogen-bond acceptors (Lipinski definition) is 4. The number of carbonyl (C=O) groups is 1. The largest absolute Gasteiger partial charge is 0.489 e. The van der Waals surface area contributed by atoms with Crippen molar-refractivity contribution in [3.8, 4) is 16.3 Å². The van der Waals surface area contributed by atoms with Crippen LogP contribution in [-0.4, -0.2) is 10.9 Å². The Morgan fingerprint density at radius 1 is 1.00 bits per heavy atom. The molecule has 3 aromatic carbocycles. The molecule has 1 heterocycles. The highest BCUT2D eigenvalue weighted by Gasteiger charge is 2.30. The first kappa shape index (κ1) is 22.5. The quantitative estimate of drug-likeness (QED) is 0.314. The second-order valence-electron chi connectivity index (χ2n) is 6.99. The highest BCUT2D eigenvalue weighted by Crippen LogP contribution is 2.31. The zero-order valence-corrected chi connectivity index (χ0v) is 17.7. The summed E-state index contributed by atoms with van der Waals surface area (Å²) in [5, 5.41) is 4.58. The zero-order chi connectivity index (χ0) is 23.4. The van der Waals surface area contributed by atoms with Gasteiger partial charge in [0.25, 0.3) is 5.91 Å². The fraction of sp³-hybridized carbons (Fsp3) is 0.0833. The number of anilines is 1. The molecule has 33 heavy (non-hydrogen) atoms. The molecule has 168 valence electrons. The number of hydrogen-bond donors (Lipinski definition) is 1. The van der Waals surface area contributed by atoms with Gasteiger partial charge in [-0.05, 0) is 42.0 Å². The number of benzene rings is 3. The van der Waals surface area contributed by atoms with Crippen molar-refractivity contribution in [2.45, 2.75) is 12.8 Å². The van der Waals surface area contributed by atoms with Crippen molar-refractivity contribution >= 4 is 22.9 Å². The summed E-state index contributed by atoms with van der Waals surface area (Å²) in [5.41, 5.74) is 0.514. The van der Waals surface area contributed by atoms with Gasteiger partial charge in [0.1, 0.15) is 28.9 Å². The monoisotopic (exact) mass is 472 g/mol. The number of nitrogens with zero attached hydrogens (tertiary/aromatic N) is 1. The number of amides is 1. The van der Waals surface area contributed by atoms with Crippen LogP contribution in [0.3, 0.4) is 0 Å². The first-order valence-electron chi connectivity index (χ1n) is 9.70. The third-order valence-electron chi connectivity index (χ3n) is 4.60. The van der Waals surface area contributed by atoms with Gasteiger partial charge in [-0.3, -0.25) is 4.79 Å². The summed E-state index contributed by atoms with van der Waals surface area (Å²) in [6.45, 7) is -0.0401. The number of ether oxygens (including phenoxy) is 1. The van der Waals surface area contributed by atoms with Crippen molar-refractivity contribution in [1.82, 2.24) is 4.98 Å². The van der Waals surface area contributed by atoms with Crippen LogP contribution in [0.5, 0.6) is 5.75 Å². The Morgan fingerprint density at radius 3 is 2.58 bits per heavy atom. The number of rotatable bonds is 6. The van der Waals surface area contributed by atoms with Gasteiger partial charge in [0.15, 0.2) is 0 Å². The predicted molar refractivity (Wildman–Crippen MR) is 118 cm³/mol. The molecule has 0 bridgehead atoms. The van der Waals surface area contributed by atoms with Gasteiger partial charge in [0.05, 0.1) is 11.3 Å². The number of para-hydroxylation sites is 1. The molecule has 0 aliphatic heterocycles. The average molecular weight is 472 g/mol. The Bertz CT molecular complexity index is 1290. The Labute approximate surface area is 190 Å². The normalized spacial score (nSPS) is 11.3. The molecule has 4 aromatic rings. The maximum absolute atomic E-state index is 13.8. The van der Waals surface area contributed by atoms with Crippen LogP contribution in [0.25, 0.3) is 10.6 Å². The Balaban J connectivity index is 1.45. The van der Waals surface area contributed by atoms with Gasteiger partial charge >= 0.3 is 6.18 Å². The zero-order valence-electron chi connectivity index (χ0n) is 16.9. The maximum Gasteiger partial charge on any atom is 0.416 e. The summed E-state index contributed by atoms with van der Waals surface area (Å²) >= 11 is 1.23. The van der Waals surface area contributed by atoms with Crippen LogP contribution in [-0.2, 0) is 12.8 Å². The lowest BCUT2D eigenvalue weighted by atomic mass is 10.1. The predicted octanol–water partition coefficient (Wildman–Crippen LogP) is 6.80. The number of thiazole rings is 1. The van der Waals surface area contributed by atoms with Gasteiger partial charge in [-0.25, -0.2) is 9.37 Å². The molecule has 0 aliphatic rings. The highest BCUT2D eigenvalue weighted by molar-refractivity contribution is 7.13. The SMILES string of the molecule is O=C(Nc1ccccc1F)c1csc(-c2cccc(OCc3cccc(C(F)(F)F)c3)c2)n1. The van der Waals surface area contributed by atoms with Gasteiger partial charge in [-0.2, -0.15) is 13.2 Å². The van der Waals surface area contributed by atoms with Crippen LogP contribution in [0.4, 0.5) is 23.2 Å². The van der Waals surface area contributed by atoms with E-state index in [4.69, 9.17) is 4.74 Å². The fourth-order valence-corrected chi connectivity index (χ4v) is 3.78. The Morgan fingerprint density at radius 2 is 1.79 bits per heavy atom. The van der Waals surface area contributed by atoms with Gasteiger partial charge in [0, 0.05) is 10.9 Å². The van der Waals surface area contributed by atoms with E-state index in [0.717, 1.165) is 12.1 Å². The molecule has 1 amide bonds. The van der Waals surface area contributed by atoms with Crippen LogP contribution in [0, 0.1) is 5.82 Å². The second kappa shape index (κ2) is 9.41. The third kappa shape index (κ3) is 5.56. The van der Waals surface area contributed by atoms with E-state index in [1.165, 1.54) is 35.6 Å². The van der Waals surface area contributed by atoms with Crippen molar-refractivity contribution in [3.05, 3.63) is 101 Å². The van der Waals surface area contributed by atoms with Crippen LogP contribution in [0.15, 0.2) is 78.2 Å². The molecule has 0 spiro atoms. The fourth-order valence-electron chi connectivity index (χ4n) is 2.98. The van der Waals surface area contributed by atoms with Crippen molar-refractivity contribution in [3.63, 3.8) is 0 Å². The molecule has 0 radical (unpaired) electrons. The molecule has 1 N–H and O–H groups in total. The topological polar surface area (TPSA) is 51.2 Å². The summed E-state index contributed by atoms with van der Waals surface area (Å²) in [6, 6.07) is 17.6. The van der Waals surface area contributed by atoms with Crippen molar-refractivity contribution < 1.29 is 27.1 Å². The van der Waals surface area contributed by atoms with E-state index in [9.17, 15) is 22.4 Å². The lowest BCUT2D eigenvalue weighted by Gasteiger charge is -2.10. The van der Waals surface area contributed by atoms with E-state index >= 15 is 0 Å². The molecule has 0 saturated heterocycles. The summed E-state index contributed by atoms with van der Waals surface area (Å²) in [4.78, 5) is 16.7. The molecule has 0 unspecified atom stereocenters. The first-order valence-corrected chi connectivity index (χ1v) is 10.6. The van der Waals surface area contributed by atoms with Gasteiger partial charge < -0.3 is 10.1 Å². The van der Waals surface area contributed by atoms with Crippen molar-refractivity contribution in [2.24, 2.45) is 0 Å². The lowest BCUT2D eigenvalue weighted by Crippen LogP contribution is -2.13. The summed E-state index contributed by atoms with van der Waals surface area (Å²) in [7, 11) is 0. The molecule has 4 nitrogen and oxygen atoms in total. The first-order chi connectivity index (χ1) is 15.8. The van der Waals surface area contributed by atoms with E-state index in [0.29, 0.717) is 21.9 Å². The number of aromatic nitrogens is 1. The molecule has 0 saturated carbocycles. The molecule has 0 atom stereocenters. The Kier molecular flexibility index (Phi) is 6.41. The maximum atomic E-state index is 13.8. The molecule has 9 heteroatoms. The summed E-state index contributed by atoms with van der Waals surface area (Å²) < 4.78 is 58.0. The third-order valence-corrected chi connectivity index (χ3v) is 5.49. The van der Waals surface area contributed by atoms with Crippen LogP contribution in [0.2, 0.25) is 0 Å². The van der Waals surface area contributed by atoms with Crippen LogP contribution >= 0.6 is 11.3 Å². The number of halogens is 4. The van der Waals surface area contributed by atoms with E-state index in [2.05, 4.69) is 10.3 Å². The van der Waals surface area contributed by atoms with E-state index in [-0.39, 0.29) is 18.0 Å². The van der Waals surface area contributed by atoms with Gasteiger partial charge in [0.2, 0.25) is 0 Å². The number of carbonyl (C=O) groups excluding carboxylic acids is 1. The van der Waals surface area contributed by atoms with E-state index in [1.54, 1.807) is 41.8 Å². The van der Waals surface area contributed by atoms with Crippen molar-refractivity contribution in [1.29, 1.82) is 0 Å². The minimum absolute atomic E-state index is 0.0401. The summed E-state index contributed by atoms with van der Waals surface area (Å²) in [6.07, 6.45) is -4.42. The Hall–Kier alpha value is -3.72. The highest BCUT2D eigenvalue weighted by atomic mass is 32.1. The van der Waals surface area contributed by atoms with Crippen molar-refractivity contribution in [2.75, 3.05) is 5.32 Å². The van der Waals surface area contributed by atoms with Crippen LogP contribution in [0.1, 0.15) is 21.6 Å². The molecule has 1 aromatic heterocycles. The molecule has 0 aliphatic carbocycles. The smallest absolute Gasteiger partial charge is 0.416 e. The minimum atomic E-state index is -4.42. The molecular weight excluding hydrogens is 456 g/mol. The number of alkyl halides is 3. The summed E-state index contributed by atoms with van der Waals surface area (Å²) in [5.74, 6) is -0.649. The lowest BCUT2D eigenvalue weighted by molar-refractivity contribution is -0.137. The second-order valence-corrected chi connectivity index (χ2v) is 7.84. The average Bonchev–Trinajstić information content (AvgIpc) is 3.30. The van der Waals surface area contributed by atoms with E-state index < -0.39 is 23.5 Å². The van der Waals surface area contributed by atoms with Gasteiger partial charge in [-0.1, -0.05) is 36.4 Å². The van der Waals surface area contributed by atoms with Gasteiger partial charge in [-0.15, -0.1) is 11.3 Å². The number of nitrogens with one attached hydrogen (secondary N) is 1. The molecular formula is C24H16F4N2O2S. The molecule has 4 rings (SSSR count).